The molecule has 0 aliphatic carbocycles. The van der Waals surface area contributed by atoms with E-state index in [1.807, 2.05) is 24.4 Å². The number of H-pyrrole nitrogens is 1. The van der Waals surface area contributed by atoms with E-state index < -0.39 is 0 Å². The molecule has 2 rings (SSSR count). The maximum absolute atomic E-state index is 8.52. The van der Waals surface area contributed by atoms with Crippen molar-refractivity contribution in [3.05, 3.63) is 42.5 Å². The third-order valence-corrected chi connectivity index (χ3v) is 2.03. The van der Waals surface area contributed by atoms with Crippen LogP contribution in [0, 0.1) is 11.3 Å². The van der Waals surface area contributed by atoms with Crippen LogP contribution in [0.4, 0.5) is 0 Å². The van der Waals surface area contributed by atoms with Crippen LogP contribution < -0.4 is 0 Å². The van der Waals surface area contributed by atoms with Crippen LogP contribution in [0.1, 0.15) is 5.69 Å². The SMILES string of the molecule is N#CCc1cc(-c2ccncc2)c[nH]1. The molecule has 0 aliphatic rings. The Hall–Kier alpha value is -2.08. The summed E-state index contributed by atoms with van der Waals surface area (Å²) in [6.07, 6.45) is 5.84. The molecule has 2 aromatic rings. The van der Waals surface area contributed by atoms with E-state index in [0.717, 1.165) is 16.8 Å². The fourth-order valence-corrected chi connectivity index (χ4v) is 1.34. The van der Waals surface area contributed by atoms with E-state index in [9.17, 15) is 0 Å². The topological polar surface area (TPSA) is 52.5 Å². The molecule has 0 radical (unpaired) electrons. The first kappa shape index (κ1) is 8.52. The number of nitriles is 1. The number of rotatable bonds is 2. The summed E-state index contributed by atoms with van der Waals surface area (Å²) < 4.78 is 0. The largest absolute Gasteiger partial charge is 0.364 e. The summed E-state index contributed by atoms with van der Waals surface area (Å²) in [4.78, 5) is 7.01. The van der Waals surface area contributed by atoms with Crippen molar-refractivity contribution in [2.75, 3.05) is 0 Å². The lowest BCUT2D eigenvalue weighted by Gasteiger charge is -1.93. The zero-order chi connectivity index (χ0) is 9.80. The summed E-state index contributed by atoms with van der Waals surface area (Å²) in [6.45, 7) is 0. The van der Waals surface area contributed by atoms with Crippen LogP contribution in [-0.2, 0) is 6.42 Å². The third-order valence-electron chi connectivity index (χ3n) is 2.03. The monoisotopic (exact) mass is 183 g/mol. The van der Waals surface area contributed by atoms with Crippen LogP contribution in [-0.4, -0.2) is 9.97 Å². The molecule has 0 saturated carbocycles. The van der Waals surface area contributed by atoms with E-state index in [0.29, 0.717) is 6.42 Å². The van der Waals surface area contributed by atoms with Gasteiger partial charge in [-0.25, -0.2) is 0 Å². The van der Waals surface area contributed by atoms with Crippen molar-refractivity contribution < 1.29 is 0 Å². The maximum Gasteiger partial charge on any atom is 0.0752 e. The second kappa shape index (κ2) is 3.75. The van der Waals surface area contributed by atoms with Gasteiger partial charge in [0.2, 0.25) is 0 Å². The van der Waals surface area contributed by atoms with Gasteiger partial charge in [0.15, 0.2) is 0 Å². The normalized spacial score (nSPS) is 9.64. The lowest BCUT2D eigenvalue weighted by atomic mass is 10.1. The quantitative estimate of drug-likeness (QED) is 0.775. The van der Waals surface area contributed by atoms with Gasteiger partial charge < -0.3 is 4.98 Å². The lowest BCUT2D eigenvalue weighted by Crippen LogP contribution is -1.77. The van der Waals surface area contributed by atoms with Crippen molar-refractivity contribution >= 4 is 0 Å². The molecule has 0 fully saturated rings. The highest BCUT2D eigenvalue weighted by Crippen LogP contribution is 2.18. The number of nitrogens with one attached hydrogen (secondary N) is 1. The molecular weight excluding hydrogens is 174 g/mol. The number of nitrogens with zero attached hydrogens (tertiary/aromatic N) is 2. The van der Waals surface area contributed by atoms with Gasteiger partial charge in [0.05, 0.1) is 12.5 Å². The van der Waals surface area contributed by atoms with Crippen molar-refractivity contribution in [3.8, 4) is 17.2 Å². The van der Waals surface area contributed by atoms with E-state index in [2.05, 4.69) is 16.0 Å². The summed E-state index contributed by atoms with van der Waals surface area (Å²) in [5.74, 6) is 0. The Labute approximate surface area is 82.0 Å². The van der Waals surface area contributed by atoms with Crippen LogP contribution in [0.3, 0.4) is 0 Å². The van der Waals surface area contributed by atoms with Gasteiger partial charge in [0.25, 0.3) is 0 Å². The minimum absolute atomic E-state index is 0.422. The molecule has 3 nitrogen and oxygen atoms in total. The highest BCUT2D eigenvalue weighted by molar-refractivity contribution is 5.62. The highest BCUT2D eigenvalue weighted by Gasteiger charge is 2.00. The molecule has 14 heavy (non-hydrogen) atoms. The van der Waals surface area contributed by atoms with Crippen LogP contribution in [0.5, 0.6) is 0 Å². The second-order valence-corrected chi connectivity index (χ2v) is 2.98. The van der Waals surface area contributed by atoms with Gasteiger partial charge in [0, 0.05) is 24.3 Å². The molecular formula is C11H9N3. The molecule has 1 N–H and O–H groups in total. The number of aromatic nitrogens is 2. The number of pyridine rings is 1. The van der Waals surface area contributed by atoms with Gasteiger partial charge in [-0.2, -0.15) is 5.26 Å². The first-order valence-electron chi connectivity index (χ1n) is 4.35. The average Bonchev–Trinajstić information content (AvgIpc) is 2.68. The Morgan fingerprint density at radius 3 is 2.79 bits per heavy atom. The molecule has 0 unspecified atom stereocenters. The molecule has 3 heteroatoms. The highest BCUT2D eigenvalue weighted by atomic mass is 14.7. The first-order valence-corrected chi connectivity index (χ1v) is 4.35. The van der Waals surface area contributed by atoms with Crippen LogP contribution in [0.2, 0.25) is 0 Å². The summed E-state index contributed by atoms with van der Waals surface area (Å²) in [6, 6.07) is 7.98. The summed E-state index contributed by atoms with van der Waals surface area (Å²) in [5, 5.41) is 8.52. The molecule has 0 atom stereocenters. The summed E-state index contributed by atoms with van der Waals surface area (Å²) in [5.41, 5.74) is 3.15. The number of aromatic amines is 1. The molecule has 0 amide bonds. The maximum atomic E-state index is 8.52. The third kappa shape index (κ3) is 1.64. The lowest BCUT2D eigenvalue weighted by molar-refractivity contribution is 1.16. The molecule has 0 aliphatic heterocycles. The number of hydrogen-bond donors (Lipinski definition) is 1. The van der Waals surface area contributed by atoms with Crippen LogP contribution >= 0.6 is 0 Å². The van der Waals surface area contributed by atoms with E-state index in [-0.39, 0.29) is 0 Å². The van der Waals surface area contributed by atoms with Gasteiger partial charge in [0.1, 0.15) is 0 Å². The van der Waals surface area contributed by atoms with Gasteiger partial charge in [-0.1, -0.05) is 0 Å². The summed E-state index contributed by atoms with van der Waals surface area (Å²) >= 11 is 0. The van der Waals surface area contributed by atoms with E-state index in [1.165, 1.54) is 0 Å². The molecule has 68 valence electrons. The fraction of sp³-hybridized carbons (Fsp3) is 0.0909. The van der Waals surface area contributed by atoms with Crippen LogP contribution in [0.15, 0.2) is 36.8 Å². The molecule has 2 heterocycles. The minimum Gasteiger partial charge on any atom is -0.364 e. The van der Waals surface area contributed by atoms with Crippen molar-refractivity contribution in [2.24, 2.45) is 0 Å². The van der Waals surface area contributed by atoms with Crippen molar-refractivity contribution in [1.29, 1.82) is 5.26 Å². The smallest absolute Gasteiger partial charge is 0.0752 e. The van der Waals surface area contributed by atoms with Crippen molar-refractivity contribution in [3.63, 3.8) is 0 Å². The van der Waals surface area contributed by atoms with E-state index >= 15 is 0 Å². The standard InChI is InChI=1S/C11H9N3/c12-4-1-11-7-10(8-14-11)9-2-5-13-6-3-9/h2-3,5-8,14H,1H2. The Morgan fingerprint density at radius 1 is 1.29 bits per heavy atom. The Balaban J connectivity index is 2.31. The first-order chi connectivity index (χ1) is 6.90. The predicted octanol–water partition coefficient (Wildman–Crippen LogP) is 2.14. The Bertz CT molecular complexity index is 451. The molecule has 0 spiro atoms. The Kier molecular flexibility index (Phi) is 2.28. The average molecular weight is 183 g/mol. The minimum atomic E-state index is 0.422. The molecule has 0 aromatic carbocycles. The van der Waals surface area contributed by atoms with Gasteiger partial charge in [-0.05, 0) is 29.3 Å². The zero-order valence-corrected chi connectivity index (χ0v) is 7.57. The number of hydrogen-bond acceptors (Lipinski definition) is 2. The van der Waals surface area contributed by atoms with Crippen LogP contribution in [0.25, 0.3) is 11.1 Å². The predicted molar refractivity (Wildman–Crippen MR) is 53.3 cm³/mol. The zero-order valence-electron chi connectivity index (χ0n) is 7.57. The summed E-state index contributed by atoms with van der Waals surface area (Å²) in [7, 11) is 0. The van der Waals surface area contributed by atoms with E-state index in [4.69, 9.17) is 5.26 Å². The second-order valence-electron chi connectivity index (χ2n) is 2.98. The van der Waals surface area contributed by atoms with Crippen molar-refractivity contribution in [2.45, 2.75) is 6.42 Å². The molecule has 0 bridgehead atoms. The Morgan fingerprint density at radius 2 is 2.07 bits per heavy atom. The molecule has 2 aromatic heterocycles. The van der Waals surface area contributed by atoms with E-state index in [1.54, 1.807) is 12.4 Å². The van der Waals surface area contributed by atoms with Gasteiger partial charge in [-0.3, -0.25) is 4.98 Å². The molecule has 0 saturated heterocycles. The van der Waals surface area contributed by atoms with Gasteiger partial charge >= 0.3 is 0 Å². The fourth-order valence-electron chi connectivity index (χ4n) is 1.34. The van der Waals surface area contributed by atoms with Gasteiger partial charge in [-0.15, -0.1) is 0 Å². The van der Waals surface area contributed by atoms with Crippen molar-refractivity contribution in [1.82, 2.24) is 9.97 Å².